The topological polar surface area (TPSA) is 103 Å². The fraction of sp³-hybridized carbons (Fsp3) is 0.833. The standard InChI is InChI=1S/C18H31N5O3/c24-16(20-8-3-10-23-11-9-19-12-23)7-6-15-18(26)21-14-5-2-1-4-13(14)17(25)22-15/h13-15,19H,1-12H2,(H,20,24)(H,21,26)(H,22,25)/t13?,14?,15-/m0/s1. The molecule has 0 bridgehead atoms. The Balaban J connectivity index is 1.36. The van der Waals surface area contributed by atoms with Crippen molar-refractivity contribution in [3.63, 3.8) is 0 Å². The van der Waals surface area contributed by atoms with Crippen LogP contribution in [0.15, 0.2) is 0 Å². The first-order valence-electron chi connectivity index (χ1n) is 9.94. The van der Waals surface area contributed by atoms with Gasteiger partial charge in [0.15, 0.2) is 0 Å². The van der Waals surface area contributed by atoms with E-state index in [9.17, 15) is 14.4 Å². The largest absolute Gasteiger partial charge is 0.356 e. The summed E-state index contributed by atoms with van der Waals surface area (Å²) in [5.74, 6) is -0.375. The van der Waals surface area contributed by atoms with Crippen LogP contribution in [0.5, 0.6) is 0 Å². The van der Waals surface area contributed by atoms with Crippen LogP contribution in [-0.2, 0) is 14.4 Å². The summed E-state index contributed by atoms with van der Waals surface area (Å²) in [6, 6.07) is -0.648. The number of nitrogens with one attached hydrogen (secondary N) is 4. The van der Waals surface area contributed by atoms with Crippen LogP contribution in [0, 0.1) is 5.92 Å². The summed E-state index contributed by atoms with van der Waals surface area (Å²) in [7, 11) is 0. The third-order valence-electron chi connectivity index (χ3n) is 5.64. The van der Waals surface area contributed by atoms with Crippen molar-refractivity contribution in [3.8, 4) is 0 Å². The number of hydrogen-bond acceptors (Lipinski definition) is 5. The fourth-order valence-corrected chi connectivity index (χ4v) is 4.09. The number of hydrogen-bond donors (Lipinski definition) is 4. The molecule has 0 aromatic heterocycles. The molecule has 1 aliphatic carbocycles. The molecule has 2 heterocycles. The van der Waals surface area contributed by atoms with Crippen LogP contribution >= 0.6 is 0 Å². The molecule has 2 saturated heterocycles. The molecular weight excluding hydrogens is 334 g/mol. The maximum Gasteiger partial charge on any atom is 0.242 e. The van der Waals surface area contributed by atoms with Gasteiger partial charge < -0.3 is 21.3 Å². The highest BCUT2D eigenvalue weighted by molar-refractivity contribution is 5.92. The van der Waals surface area contributed by atoms with Crippen LogP contribution in [0.25, 0.3) is 0 Å². The molecule has 0 aromatic rings. The minimum atomic E-state index is -0.602. The van der Waals surface area contributed by atoms with Gasteiger partial charge in [0.25, 0.3) is 0 Å². The zero-order chi connectivity index (χ0) is 18.4. The smallest absolute Gasteiger partial charge is 0.242 e. The number of rotatable bonds is 7. The molecule has 3 aliphatic rings. The number of nitrogens with zero attached hydrogens (tertiary/aromatic N) is 1. The molecular formula is C18H31N5O3. The molecule has 8 heteroatoms. The normalized spacial score (nSPS) is 29.5. The zero-order valence-corrected chi connectivity index (χ0v) is 15.4. The van der Waals surface area contributed by atoms with E-state index in [1.807, 2.05) is 0 Å². The van der Waals surface area contributed by atoms with Gasteiger partial charge in [-0.05, 0) is 25.7 Å². The lowest BCUT2D eigenvalue weighted by Gasteiger charge is -2.28. The van der Waals surface area contributed by atoms with Gasteiger partial charge in [0.1, 0.15) is 6.04 Å². The second-order valence-electron chi connectivity index (χ2n) is 7.59. The van der Waals surface area contributed by atoms with E-state index in [1.165, 1.54) is 0 Å². The first-order chi connectivity index (χ1) is 12.6. The monoisotopic (exact) mass is 365 g/mol. The summed E-state index contributed by atoms with van der Waals surface area (Å²) < 4.78 is 0. The van der Waals surface area contributed by atoms with Gasteiger partial charge in [0.05, 0.1) is 5.92 Å². The maximum absolute atomic E-state index is 12.4. The van der Waals surface area contributed by atoms with Crippen LogP contribution in [0.2, 0.25) is 0 Å². The van der Waals surface area contributed by atoms with E-state index in [1.54, 1.807) is 0 Å². The highest BCUT2D eigenvalue weighted by Crippen LogP contribution is 2.26. The fourth-order valence-electron chi connectivity index (χ4n) is 4.09. The van der Waals surface area contributed by atoms with E-state index in [0.29, 0.717) is 13.0 Å². The van der Waals surface area contributed by atoms with E-state index in [4.69, 9.17) is 0 Å². The lowest BCUT2D eigenvalue weighted by molar-refractivity contribution is -0.129. The van der Waals surface area contributed by atoms with E-state index in [2.05, 4.69) is 26.2 Å². The minimum Gasteiger partial charge on any atom is -0.356 e. The van der Waals surface area contributed by atoms with Crippen molar-refractivity contribution in [2.24, 2.45) is 5.92 Å². The van der Waals surface area contributed by atoms with E-state index in [-0.39, 0.29) is 36.1 Å². The van der Waals surface area contributed by atoms with Gasteiger partial charge in [-0.25, -0.2) is 0 Å². The van der Waals surface area contributed by atoms with E-state index < -0.39 is 6.04 Å². The third-order valence-corrected chi connectivity index (χ3v) is 5.64. The molecule has 4 N–H and O–H groups in total. The Morgan fingerprint density at radius 2 is 2.00 bits per heavy atom. The van der Waals surface area contributed by atoms with Gasteiger partial charge >= 0.3 is 0 Å². The van der Waals surface area contributed by atoms with Crippen molar-refractivity contribution in [1.82, 2.24) is 26.2 Å². The van der Waals surface area contributed by atoms with Crippen molar-refractivity contribution in [2.45, 2.75) is 57.0 Å². The first-order valence-corrected chi connectivity index (χ1v) is 9.94. The first kappa shape index (κ1) is 19.1. The number of amides is 3. The summed E-state index contributed by atoms with van der Waals surface area (Å²) in [4.78, 5) is 39.1. The van der Waals surface area contributed by atoms with Gasteiger partial charge in [-0.2, -0.15) is 0 Å². The lowest BCUT2D eigenvalue weighted by Crippen LogP contribution is -2.45. The summed E-state index contributed by atoms with van der Waals surface area (Å²) >= 11 is 0. The number of fused-ring (bicyclic) bond motifs is 1. The molecule has 0 aromatic carbocycles. The Bertz CT molecular complexity index is 521. The van der Waals surface area contributed by atoms with Gasteiger partial charge in [-0.3, -0.25) is 19.3 Å². The molecule has 3 rings (SSSR count). The van der Waals surface area contributed by atoms with Crippen LogP contribution in [0.3, 0.4) is 0 Å². The van der Waals surface area contributed by atoms with Crippen molar-refractivity contribution < 1.29 is 14.4 Å². The summed E-state index contributed by atoms with van der Waals surface area (Å²) in [6.07, 6.45) is 5.29. The second-order valence-corrected chi connectivity index (χ2v) is 7.59. The molecule has 3 atom stereocenters. The second kappa shape index (κ2) is 9.32. The SMILES string of the molecule is O=C(CC[C@@H]1NC(=O)C2CCCCC2NC1=O)NCCCN1CCNC1. The van der Waals surface area contributed by atoms with Crippen LogP contribution in [0.1, 0.15) is 44.9 Å². The van der Waals surface area contributed by atoms with Crippen molar-refractivity contribution in [3.05, 3.63) is 0 Å². The maximum atomic E-state index is 12.4. The predicted octanol–water partition coefficient (Wildman–Crippen LogP) is -0.691. The highest BCUT2D eigenvalue weighted by Gasteiger charge is 2.38. The molecule has 2 unspecified atom stereocenters. The van der Waals surface area contributed by atoms with Gasteiger partial charge in [0.2, 0.25) is 17.7 Å². The average Bonchev–Trinajstić information content (AvgIpc) is 3.11. The highest BCUT2D eigenvalue weighted by atomic mass is 16.2. The molecule has 2 aliphatic heterocycles. The Kier molecular flexibility index (Phi) is 6.85. The molecule has 3 amide bonds. The summed E-state index contributed by atoms with van der Waals surface area (Å²) in [5, 5.41) is 12.0. The minimum absolute atomic E-state index is 0.0438. The Morgan fingerprint density at radius 3 is 2.81 bits per heavy atom. The number of carbonyl (C=O) groups excluding carboxylic acids is 3. The molecule has 0 radical (unpaired) electrons. The van der Waals surface area contributed by atoms with E-state index >= 15 is 0 Å². The van der Waals surface area contributed by atoms with E-state index in [0.717, 1.165) is 58.4 Å². The summed E-state index contributed by atoms with van der Waals surface area (Å²) in [6.45, 7) is 4.63. The molecule has 0 spiro atoms. The molecule has 3 fully saturated rings. The molecule has 1 saturated carbocycles. The molecule has 8 nitrogen and oxygen atoms in total. The average molecular weight is 365 g/mol. The van der Waals surface area contributed by atoms with Crippen LogP contribution < -0.4 is 21.3 Å². The zero-order valence-electron chi connectivity index (χ0n) is 15.4. The number of carbonyl (C=O) groups is 3. The lowest BCUT2D eigenvalue weighted by atomic mass is 9.84. The Hall–Kier alpha value is -1.67. The predicted molar refractivity (Wildman–Crippen MR) is 97.1 cm³/mol. The van der Waals surface area contributed by atoms with Gasteiger partial charge in [0, 0.05) is 45.3 Å². The van der Waals surface area contributed by atoms with Gasteiger partial charge in [-0.15, -0.1) is 0 Å². The van der Waals surface area contributed by atoms with Crippen LogP contribution in [-0.4, -0.2) is 67.6 Å². The summed E-state index contributed by atoms with van der Waals surface area (Å²) in [5.41, 5.74) is 0. The van der Waals surface area contributed by atoms with Crippen LogP contribution in [0.4, 0.5) is 0 Å². The molecule has 146 valence electrons. The Labute approximate surface area is 154 Å². The molecule has 26 heavy (non-hydrogen) atoms. The van der Waals surface area contributed by atoms with Crippen molar-refractivity contribution in [2.75, 3.05) is 32.8 Å². The van der Waals surface area contributed by atoms with Crippen molar-refractivity contribution in [1.29, 1.82) is 0 Å². The van der Waals surface area contributed by atoms with Gasteiger partial charge in [-0.1, -0.05) is 12.8 Å². The quantitative estimate of drug-likeness (QED) is 0.447. The Morgan fingerprint density at radius 1 is 1.15 bits per heavy atom. The van der Waals surface area contributed by atoms with Crippen molar-refractivity contribution >= 4 is 17.7 Å². The third kappa shape index (κ3) is 5.17.